The number of rotatable bonds is 12. The molecular weight excluding hydrogens is 262 g/mol. The summed E-state index contributed by atoms with van der Waals surface area (Å²) in [5.74, 6) is 0. The largest absolute Gasteiger partial charge is 0.385 e. The van der Waals surface area contributed by atoms with Gasteiger partial charge < -0.3 is 19.5 Å². The molecule has 0 saturated carbocycles. The van der Waals surface area contributed by atoms with Crippen molar-refractivity contribution in [3.8, 4) is 0 Å². The standard InChI is InChI=1S/C14H25NO3S/c1-3-15-11-13-5-6-14(19-13)12-18-10-9-17-8-4-7-16-2/h5-6,15H,3-4,7-12H2,1-2H3. The fourth-order valence-electron chi connectivity index (χ4n) is 1.54. The van der Waals surface area contributed by atoms with Gasteiger partial charge in [-0.3, -0.25) is 0 Å². The van der Waals surface area contributed by atoms with Gasteiger partial charge in [0.15, 0.2) is 0 Å². The number of hydrogen-bond donors (Lipinski definition) is 1. The van der Waals surface area contributed by atoms with Crippen molar-refractivity contribution in [1.29, 1.82) is 0 Å². The van der Waals surface area contributed by atoms with Gasteiger partial charge in [-0.25, -0.2) is 0 Å². The van der Waals surface area contributed by atoms with E-state index in [0.29, 0.717) is 19.8 Å². The van der Waals surface area contributed by atoms with Gasteiger partial charge in [0.1, 0.15) is 0 Å². The topological polar surface area (TPSA) is 39.7 Å². The number of ether oxygens (including phenoxy) is 3. The molecule has 1 rings (SSSR count). The van der Waals surface area contributed by atoms with E-state index in [1.807, 2.05) is 0 Å². The Morgan fingerprint density at radius 3 is 2.63 bits per heavy atom. The number of methoxy groups -OCH3 is 1. The van der Waals surface area contributed by atoms with Gasteiger partial charge in [-0.2, -0.15) is 0 Å². The van der Waals surface area contributed by atoms with Crippen LogP contribution < -0.4 is 5.32 Å². The van der Waals surface area contributed by atoms with Crippen LogP contribution in [0.25, 0.3) is 0 Å². The summed E-state index contributed by atoms with van der Waals surface area (Å²) < 4.78 is 15.9. The van der Waals surface area contributed by atoms with E-state index in [1.54, 1.807) is 18.4 Å². The lowest BCUT2D eigenvalue weighted by atomic mass is 10.4. The van der Waals surface area contributed by atoms with Gasteiger partial charge in [0.2, 0.25) is 0 Å². The van der Waals surface area contributed by atoms with Crippen LogP contribution >= 0.6 is 11.3 Å². The molecule has 1 aromatic rings. The van der Waals surface area contributed by atoms with Crippen molar-refractivity contribution in [3.63, 3.8) is 0 Å². The molecule has 0 radical (unpaired) electrons. The maximum atomic E-state index is 5.58. The Kier molecular flexibility index (Phi) is 9.93. The van der Waals surface area contributed by atoms with Crippen LogP contribution in [0, 0.1) is 0 Å². The average Bonchev–Trinajstić information content (AvgIpc) is 2.87. The highest BCUT2D eigenvalue weighted by Crippen LogP contribution is 2.17. The lowest BCUT2D eigenvalue weighted by Gasteiger charge is -2.04. The molecule has 1 heterocycles. The molecule has 0 atom stereocenters. The summed E-state index contributed by atoms with van der Waals surface area (Å²) >= 11 is 1.80. The van der Waals surface area contributed by atoms with Gasteiger partial charge in [-0.15, -0.1) is 11.3 Å². The summed E-state index contributed by atoms with van der Waals surface area (Å²) in [6, 6.07) is 4.30. The molecule has 1 aromatic heterocycles. The molecule has 1 N–H and O–H groups in total. The summed E-state index contributed by atoms with van der Waals surface area (Å²) in [6.45, 7) is 7.54. The lowest BCUT2D eigenvalue weighted by molar-refractivity contribution is 0.0344. The predicted molar refractivity (Wildman–Crippen MR) is 78.7 cm³/mol. The summed E-state index contributed by atoms with van der Waals surface area (Å²) in [7, 11) is 1.70. The average molecular weight is 287 g/mol. The van der Waals surface area contributed by atoms with E-state index >= 15 is 0 Å². The monoisotopic (exact) mass is 287 g/mol. The smallest absolute Gasteiger partial charge is 0.0810 e. The number of nitrogens with one attached hydrogen (secondary N) is 1. The van der Waals surface area contributed by atoms with Crippen molar-refractivity contribution >= 4 is 11.3 Å². The Morgan fingerprint density at radius 1 is 1.05 bits per heavy atom. The van der Waals surface area contributed by atoms with E-state index in [0.717, 1.165) is 32.7 Å². The Labute approximate surface area is 120 Å². The van der Waals surface area contributed by atoms with Crippen LogP contribution in [0.3, 0.4) is 0 Å². The molecule has 0 fully saturated rings. The fourth-order valence-corrected chi connectivity index (χ4v) is 2.47. The normalized spacial score (nSPS) is 11.1. The van der Waals surface area contributed by atoms with Gasteiger partial charge >= 0.3 is 0 Å². The molecule has 0 aliphatic rings. The zero-order chi connectivity index (χ0) is 13.8. The third kappa shape index (κ3) is 8.34. The van der Waals surface area contributed by atoms with Crippen molar-refractivity contribution in [2.24, 2.45) is 0 Å². The maximum absolute atomic E-state index is 5.58. The molecule has 4 nitrogen and oxygen atoms in total. The molecule has 0 aromatic carbocycles. The van der Waals surface area contributed by atoms with E-state index in [4.69, 9.17) is 14.2 Å². The second-order valence-electron chi connectivity index (χ2n) is 4.16. The first kappa shape index (κ1) is 16.6. The zero-order valence-electron chi connectivity index (χ0n) is 11.9. The SMILES string of the molecule is CCNCc1ccc(COCCOCCCOC)s1. The molecule has 0 saturated heterocycles. The molecule has 0 amide bonds. The van der Waals surface area contributed by atoms with Gasteiger partial charge in [0, 0.05) is 36.6 Å². The first-order chi connectivity index (χ1) is 9.36. The highest BCUT2D eigenvalue weighted by Gasteiger charge is 2.00. The molecule has 0 aliphatic heterocycles. The van der Waals surface area contributed by atoms with E-state index in [2.05, 4.69) is 24.4 Å². The first-order valence-electron chi connectivity index (χ1n) is 6.79. The van der Waals surface area contributed by atoms with Crippen LogP contribution in [0.1, 0.15) is 23.1 Å². The van der Waals surface area contributed by atoms with Crippen molar-refractivity contribution in [1.82, 2.24) is 5.32 Å². The lowest BCUT2D eigenvalue weighted by Crippen LogP contribution is -2.10. The highest BCUT2D eigenvalue weighted by molar-refractivity contribution is 7.11. The molecule has 110 valence electrons. The second-order valence-corrected chi connectivity index (χ2v) is 5.41. The van der Waals surface area contributed by atoms with Crippen LogP contribution in [-0.2, 0) is 27.4 Å². The van der Waals surface area contributed by atoms with Crippen LogP contribution in [0.5, 0.6) is 0 Å². The quantitative estimate of drug-likeness (QED) is 0.599. The molecule has 0 bridgehead atoms. The van der Waals surface area contributed by atoms with Crippen molar-refractivity contribution in [2.45, 2.75) is 26.5 Å². The van der Waals surface area contributed by atoms with Crippen LogP contribution in [0.2, 0.25) is 0 Å². The van der Waals surface area contributed by atoms with Crippen molar-refractivity contribution < 1.29 is 14.2 Å². The van der Waals surface area contributed by atoms with Crippen LogP contribution in [0.15, 0.2) is 12.1 Å². The number of thiophene rings is 1. The van der Waals surface area contributed by atoms with Crippen molar-refractivity contribution in [3.05, 3.63) is 21.9 Å². The third-order valence-corrected chi connectivity index (χ3v) is 3.58. The summed E-state index contributed by atoms with van der Waals surface area (Å²) in [5.41, 5.74) is 0. The zero-order valence-corrected chi connectivity index (χ0v) is 12.8. The molecule has 5 heteroatoms. The molecule has 0 aliphatic carbocycles. The Bertz CT molecular complexity index is 317. The fraction of sp³-hybridized carbons (Fsp3) is 0.714. The van der Waals surface area contributed by atoms with Gasteiger partial charge in [0.25, 0.3) is 0 Å². The highest BCUT2D eigenvalue weighted by atomic mass is 32.1. The summed E-state index contributed by atoms with van der Waals surface area (Å²) in [6.07, 6.45) is 0.940. The molecule has 0 unspecified atom stereocenters. The third-order valence-electron chi connectivity index (χ3n) is 2.52. The Hall–Kier alpha value is -0.460. The van der Waals surface area contributed by atoms with Crippen molar-refractivity contribution in [2.75, 3.05) is 40.1 Å². The van der Waals surface area contributed by atoms with Crippen LogP contribution in [0.4, 0.5) is 0 Å². The Morgan fingerprint density at radius 2 is 1.84 bits per heavy atom. The van der Waals surface area contributed by atoms with Gasteiger partial charge in [-0.1, -0.05) is 6.92 Å². The van der Waals surface area contributed by atoms with E-state index < -0.39 is 0 Å². The maximum Gasteiger partial charge on any atom is 0.0810 e. The molecular formula is C14H25NO3S. The Balaban J connectivity index is 1.98. The minimum absolute atomic E-state index is 0.646. The summed E-state index contributed by atoms with van der Waals surface area (Å²) in [5, 5.41) is 3.32. The van der Waals surface area contributed by atoms with E-state index in [-0.39, 0.29) is 0 Å². The molecule has 0 spiro atoms. The van der Waals surface area contributed by atoms with Gasteiger partial charge in [-0.05, 0) is 25.1 Å². The second kappa shape index (κ2) is 11.4. The van der Waals surface area contributed by atoms with Crippen LogP contribution in [-0.4, -0.2) is 40.1 Å². The van der Waals surface area contributed by atoms with E-state index in [9.17, 15) is 0 Å². The number of hydrogen-bond acceptors (Lipinski definition) is 5. The first-order valence-corrected chi connectivity index (χ1v) is 7.61. The van der Waals surface area contributed by atoms with E-state index in [1.165, 1.54) is 9.75 Å². The minimum atomic E-state index is 0.646. The summed E-state index contributed by atoms with van der Waals surface area (Å²) in [4.78, 5) is 2.63. The molecule has 19 heavy (non-hydrogen) atoms. The predicted octanol–water partition coefficient (Wildman–Crippen LogP) is 2.43. The minimum Gasteiger partial charge on any atom is -0.385 e. The van der Waals surface area contributed by atoms with Gasteiger partial charge in [0.05, 0.1) is 19.8 Å².